The zero-order valence-corrected chi connectivity index (χ0v) is 7.91. The number of nitrogens with one attached hydrogen (secondary N) is 1. The second-order valence-corrected chi connectivity index (χ2v) is 3.42. The number of anilines is 1. The molecule has 8 heteroatoms. The van der Waals surface area contributed by atoms with Crippen LogP contribution < -0.4 is 10.4 Å². The number of halogens is 3. The molecule has 1 atom stereocenters. The van der Waals surface area contributed by atoms with E-state index in [0.717, 1.165) is 6.07 Å². The van der Waals surface area contributed by atoms with Gasteiger partial charge in [0.15, 0.2) is 6.04 Å². The van der Waals surface area contributed by atoms with E-state index in [1.54, 1.807) is 0 Å². The van der Waals surface area contributed by atoms with Crippen molar-refractivity contribution in [2.24, 2.45) is 0 Å². The highest BCUT2D eigenvalue weighted by atomic mass is 19.4. The van der Waals surface area contributed by atoms with Gasteiger partial charge in [-0.05, 0) is 6.42 Å². The Morgan fingerprint density at radius 1 is 1.62 bits per heavy atom. The minimum atomic E-state index is -4.44. The number of carboxylic acids is 1. The van der Waals surface area contributed by atoms with E-state index in [4.69, 9.17) is 0 Å². The molecule has 2 rings (SSSR count). The number of fused-ring (bicyclic) bond motifs is 1. The summed E-state index contributed by atoms with van der Waals surface area (Å²) in [7, 11) is 0. The van der Waals surface area contributed by atoms with E-state index in [9.17, 15) is 23.1 Å². The predicted molar refractivity (Wildman–Crippen MR) is 44.8 cm³/mol. The van der Waals surface area contributed by atoms with Crippen LogP contribution in [0, 0.1) is 0 Å². The monoisotopic (exact) mass is 234 g/mol. The molecule has 5 nitrogen and oxygen atoms in total. The number of aromatic carboxylic acids is 1. The summed E-state index contributed by atoms with van der Waals surface area (Å²) in [6.45, 7) is 0.127. The molecule has 2 heterocycles. The lowest BCUT2D eigenvalue weighted by Gasteiger charge is -2.27. The maximum atomic E-state index is 12.6. The first-order chi connectivity index (χ1) is 7.39. The Balaban J connectivity index is 2.42. The summed E-state index contributed by atoms with van der Waals surface area (Å²) in [4.78, 5) is 10.5. The van der Waals surface area contributed by atoms with Crippen molar-refractivity contribution in [2.45, 2.75) is 18.6 Å². The number of aromatic nitrogens is 2. The third kappa shape index (κ3) is 1.70. The van der Waals surface area contributed by atoms with Crippen molar-refractivity contribution in [3.63, 3.8) is 0 Å². The molecule has 0 aromatic carbocycles. The Bertz CT molecular complexity index is 427. The first kappa shape index (κ1) is 10.8. The molecule has 0 saturated heterocycles. The molecule has 1 N–H and O–H groups in total. The summed E-state index contributed by atoms with van der Waals surface area (Å²) in [6, 6.07) is -0.746. The number of carbonyl (C=O) groups is 1. The van der Waals surface area contributed by atoms with Gasteiger partial charge in [0.05, 0.1) is 5.97 Å². The van der Waals surface area contributed by atoms with Crippen molar-refractivity contribution in [3.05, 3.63) is 11.8 Å². The van der Waals surface area contributed by atoms with Crippen LogP contribution in [0.5, 0.6) is 0 Å². The maximum absolute atomic E-state index is 12.6. The average molecular weight is 234 g/mol. The van der Waals surface area contributed by atoms with Crippen LogP contribution >= 0.6 is 0 Å². The zero-order chi connectivity index (χ0) is 11.9. The van der Waals surface area contributed by atoms with Gasteiger partial charge in [-0.1, -0.05) is 0 Å². The number of rotatable bonds is 1. The van der Waals surface area contributed by atoms with E-state index in [2.05, 4.69) is 10.4 Å². The zero-order valence-electron chi connectivity index (χ0n) is 7.91. The summed E-state index contributed by atoms with van der Waals surface area (Å²) >= 11 is 0. The molecule has 0 spiro atoms. The predicted octanol–water partition coefficient (Wildman–Crippen LogP) is 0.166. The molecule has 0 bridgehead atoms. The highest BCUT2D eigenvalue weighted by Crippen LogP contribution is 2.37. The summed E-state index contributed by atoms with van der Waals surface area (Å²) in [6.07, 6.45) is -4.61. The van der Waals surface area contributed by atoms with Crippen LogP contribution in [0.2, 0.25) is 0 Å². The Hall–Kier alpha value is -1.73. The van der Waals surface area contributed by atoms with Gasteiger partial charge < -0.3 is 15.2 Å². The van der Waals surface area contributed by atoms with Gasteiger partial charge in [-0.2, -0.15) is 18.3 Å². The molecule has 0 amide bonds. The van der Waals surface area contributed by atoms with E-state index in [-0.39, 0.29) is 18.8 Å². The van der Waals surface area contributed by atoms with Gasteiger partial charge in [-0.3, -0.25) is 0 Å². The molecule has 0 unspecified atom stereocenters. The number of hydrogen-bond donors (Lipinski definition) is 1. The van der Waals surface area contributed by atoms with Crippen molar-refractivity contribution >= 4 is 11.8 Å². The van der Waals surface area contributed by atoms with Crippen LogP contribution in [0.1, 0.15) is 23.0 Å². The van der Waals surface area contributed by atoms with Crippen LogP contribution in [0.25, 0.3) is 0 Å². The fourth-order valence-corrected chi connectivity index (χ4v) is 1.63. The molecule has 88 valence electrons. The van der Waals surface area contributed by atoms with Crippen molar-refractivity contribution in [1.82, 2.24) is 9.78 Å². The Morgan fingerprint density at radius 2 is 2.31 bits per heavy atom. The molecular formula is C8H7F3N3O2-. The molecule has 1 aliphatic heterocycles. The normalized spacial score (nSPS) is 20.1. The van der Waals surface area contributed by atoms with Crippen LogP contribution in [0.4, 0.5) is 19.0 Å². The molecular weight excluding hydrogens is 227 g/mol. The topological polar surface area (TPSA) is 70.0 Å². The molecule has 1 aromatic heterocycles. The second-order valence-electron chi connectivity index (χ2n) is 3.42. The van der Waals surface area contributed by atoms with Crippen molar-refractivity contribution < 1.29 is 23.1 Å². The highest BCUT2D eigenvalue weighted by Gasteiger charge is 2.43. The minimum Gasteiger partial charge on any atom is -0.543 e. The van der Waals surface area contributed by atoms with E-state index in [0.29, 0.717) is 4.68 Å². The number of carbonyl (C=O) groups excluding carboxylic acids is 1. The maximum Gasteiger partial charge on any atom is 0.410 e. The van der Waals surface area contributed by atoms with Crippen molar-refractivity contribution in [2.75, 3.05) is 11.9 Å². The number of hydrogen-bond acceptors (Lipinski definition) is 4. The number of carboxylic acid groups (broad SMARTS) is 1. The van der Waals surface area contributed by atoms with Gasteiger partial charge >= 0.3 is 6.18 Å². The summed E-state index contributed by atoms with van der Waals surface area (Å²) in [5.41, 5.74) is -0.501. The van der Waals surface area contributed by atoms with Crippen LogP contribution in [-0.4, -0.2) is 28.5 Å². The minimum absolute atomic E-state index is 0.0489. The van der Waals surface area contributed by atoms with E-state index < -0.39 is 23.9 Å². The Kier molecular flexibility index (Phi) is 2.28. The van der Waals surface area contributed by atoms with Crippen LogP contribution in [0.3, 0.4) is 0 Å². The van der Waals surface area contributed by atoms with Gasteiger partial charge in [0.2, 0.25) is 0 Å². The first-order valence-corrected chi connectivity index (χ1v) is 4.51. The summed E-state index contributed by atoms with van der Waals surface area (Å²) in [5.74, 6) is -1.54. The van der Waals surface area contributed by atoms with Crippen molar-refractivity contribution in [1.29, 1.82) is 0 Å². The highest BCUT2D eigenvalue weighted by molar-refractivity contribution is 5.84. The quantitative estimate of drug-likeness (QED) is 0.751. The van der Waals surface area contributed by atoms with Crippen LogP contribution in [0.15, 0.2) is 6.07 Å². The third-order valence-corrected chi connectivity index (χ3v) is 2.34. The molecule has 1 aliphatic rings. The van der Waals surface area contributed by atoms with E-state index in [1.165, 1.54) is 0 Å². The molecule has 1 aromatic rings. The van der Waals surface area contributed by atoms with Crippen LogP contribution in [-0.2, 0) is 0 Å². The van der Waals surface area contributed by atoms with Gasteiger partial charge in [0.1, 0.15) is 11.5 Å². The second kappa shape index (κ2) is 3.39. The van der Waals surface area contributed by atoms with Gasteiger partial charge in [0.25, 0.3) is 0 Å². The molecule has 16 heavy (non-hydrogen) atoms. The lowest BCUT2D eigenvalue weighted by atomic mass is 10.1. The first-order valence-electron chi connectivity index (χ1n) is 4.51. The molecule has 0 fully saturated rings. The Labute approximate surface area is 87.9 Å². The SMILES string of the molecule is O=C([O-])c1cc2n(n1)[C@H](C(F)(F)F)CCN2. The smallest absolute Gasteiger partial charge is 0.410 e. The lowest BCUT2D eigenvalue weighted by Crippen LogP contribution is -2.34. The largest absolute Gasteiger partial charge is 0.543 e. The standard InChI is InChI=1S/C8H8F3N3O2/c9-8(10,11)5-1-2-12-6-3-4(7(15)16)13-14(5)6/h3,5,12H,1-2H2,(H,15,16)/p-1/t5-/m0/s1. The number of alkyl halides is 3. The number of nitrogens with zero attached hydrogens (tertiary/aromatic N) is 2. The average Bonchev–Trinajstić information content (AvgIpc) is 2.58. The molecule has 0 radical (unpaired) electrons. The lowest BCUT2D eigenvalue weighted by molar-refractivity contribution is -0.255. The summed E-state index contributed by atoms with van der Waals surface area (Å²) in [5, 5.41) is 16.5. The third-order valence-electron chi connectivity index (χ3n) is 2.34. The van der Waals surface area contributed by atoms with Gasteiger partial charge in [0, 0.05) is 12.6 Å². The van der Waals surface area contributed by atoms with E-state index in [1.807, 2.05) is 0 Å². The fourth-order valence-electron chi connectivity index (χ4n) is 1.63. The molecule has 0 aliphatic carbocycles. The van der Waals surface area contributed by atoms with E-state index >= 15 is 0 Å². The van der Waals surface area contributed by atoms with Gasteiger partial charge in [-0.15, -0.1) is 0 Å². The Morgan fingerprint density at radius 3 is 2.88 bits per heavy atom. The summed E-state index contributed by atoms with van der Waals surface area (Å²) < 4.78 is 38.4. The molecule has 0 saturated carbocycles. The van der Waals surface area contributed by atoms with Crippen molar-refractivity contribution in [3.8, 4) is 0 Å². The fraction of sp³-hybridized carbons (Fsp3) is 0.500. The van der Waals surface area contributed by atoms with Gasteiger partial charge in [-0.25, -0.2) is 4.68 Å².